The van der Waals surface area contributed by atoms with Crippen molar-refractivity contribution in [3.63, 3.8) is 0 Å². The van der Waals surface area contributed by atoms with Crippen molar-refractivity contribution in [2.45, 2.75) is 29.4 Å². The predicted octanol–water partition coefficient (Wildman–Crippen LogP) is 3.98. The predicted molar refractivity (Wildman–Crippen MR) is 281 cm³/mol. The molecule has 0 saturated carbocycles. The molecule has 40 heteroatoms. The van der Waals surface area contributed by atoms with Gasteiger partial charge in [0.15, 0.2) is 0 Å². The Kier molecular flexibility index (Phi) is 23.5. The van der Waals surface area contributed by atoms with Crippen molar-refractivity contribution in [3.8, 4) is 6.01 Å². The summed E-state index contributed by atoms with van der Waals surface area (Å²) in [5, 5.41) is 80.1. The lowest BCUT2D eigenvalue weighted by Crippen LogP contribution is -2.31. The van der Waals surface area contributed by atoms with Crippen LogP contribution in [0.5, 0.6) is 6.01 Å². The molecule has 0 aliphatic rings. The van der Waals surface area contributed by atoms with Gasteiger partial charge in [0.25, 0.3) is 30.4 Å². The molecule has 0 radical (unpaired) electrons. The van der Waals surface area contributed by atoms with Crippen LogP contribution < -0.4 is 36.2 Å². The molecule has 0 fully saturated rings. The first kappa shape index (κ1) is 62.9. The van der Waals surface area contributed by atoms with Crippen LogP contribution in [0.1, 0.15) is 11.1 Å². The average molecular weight is 1240 g/mol. The first-order chi connectivity index (χ1) is 38.2. The number of nitrogens with one attached hydrogen (secondary N) is 5. The van der Waals surface area contributed by atoms with Crippen molar-refractivity contribution >= 4 is 131 Å². The van der Waals surface area contributed by atoms with E-state index in [0.29, 0.717) is 41.7 Å². The number of hydrogen-bond donors (Lipinski definition) is 14. The Bertz CT molecular complexity index is 3450. The van der Waals surface area contributed by atoms with E-state index < -0.39 is 64.2 Å². The molecule has 0 unspecified atom stereocenters. The van der Waals surface area contributed by atoms with E-state index in [0.717, 1.165) is 30.3 Å². The summed E-state index contributed by atoms with van der Waals surface area (Å²) in [6, 6.07) is 14.4. The maximum Gasteiger partial charge on any atom is 0.323 e. The second kappa shape index (κ2) is 30.0. The molecule has 6 aromatic rings. The molecule has 0 amide bonds. The number of benzene rings is 4. The van der Waals surface area contributed by atoms with Crippen LogP contribution in [0.2, 0.25) is 0 Å². The number of anilines is 9. The Hall–Kier alpha value is -6.30. The van der Waals surface area contributed by atoms with E-state index >= 15 is 0 Å². The summed E-state index contributed by atoms with van der Waals surface area (Å²) >= 11 is 1.37. The highest BCUT2D eigenvalue weighted by atomic mass is 32.2. The lowest BCUT2D eigenvalue weighted by Gasteiger charge is -2.22. The van der Waals surface area contributed by atoms with Gasteiger partial charge in [-0.15, -0.1) is 13.0 Å². The first-order valence-electron chi connectivity index (χ1n) is 21.9. The molecule has 2 aromatic heterocycles. The zero-order valence-electron chi connectivity index (χ0n) is 40.2. The van der Waals surface area contributed by atoms with Gasteiger partial charge < -0.3 is 51.5 Å². The summed E-state index contributed by atoms with van der Waals surface area (Å²) < 4.78 is 124. The normalized spacial score (nSPS) is 12.0. The zero-order valence-corrected chi connectivity index (χ0v) is 45.1. The van der Waals surface area contributed by atoms with E-state index in [1.54, 1.807) is 0 Å². The molecule has 432 valence electrons. The van der Waals surface area contributed by atoms with Gasteiger partial charge in [0.1, 0.15) is 16.4 Å². The fourth-order valence-corrected chi connectivity index (χ4v) is 9.66. The largest absolute Gasteiger partial charge is 0.462 e. The van der Waals surface area contributed by atoms with Crippen LogP contribution in [0, 0.1) is 0 Å². The number of aromatic nitrogens is 6. The summed E-state index contributed by atoms with van der Waals surface area (Å²) in [7, 11) is -14.6. The first-order valence-corrected chi connectivity index (χ1v) is 28.4. The number of rotatable bonds is 33. The van der Waals surface area contributed by atoms with Crippen molar-refractivity contribution in [3.05, 3.63) is 83.9 Å². The second-order valence-corrected chi connectivity index (χ2v) is 21.5. The highest BCUT2D eigenvalue weighted by Gasteiger charge is 2.22. The van der Waals surface area contributed by atoms with Crippen molar-refractivity contribution in [2.75, 3.05) is 78.8 Å². The van der Waals surface area contributed by atoms with Crippen LogP contribution in [0.4, 0.5) is 52.5 Å². The topological polar surface area (TPSA) is 490 Å². The van der Waals surface area contributed by atoms with E-state index in [4.69, 9.17) is 29.9 Å². The Morgan fingerprint density at radius 3 is 1.70 bits per heavy atom. The average Bonchev–Trinajstić information content (AvgIpc) is 3.42. The maximum atomic E-state index is 12.9. The lowest BCUT2D eigenvalue weighted by molar-refractivity contribution is -0.432. The standard InChI is InChI=1S/C40H44N12O22S6/c53-15-11-41-12-18-68-40-50-36(47-38(51-40)44-29-22-28(78(59,60)61)8-9-31(29)76-73-70-57)42-25-5-3-23(32(19-25)77-74-71-58)1-2-24-4-6-26(20-34(24)80(65,66)67)43-35-46-37(49-39(48-35)52(13-16-54)14-17-55)45-30-21-27(75-72-69-56)7-10-33(30)79(62,63)64/h1-10,19-22,41,53-58H,11-18H2,(H,59,60,61)(H,62,63,64)(H,65,66,67)(H2,42,44,47,50,51)(H2,43,45,46,48,49). The molecule has 0 spiro atoms. The quantitative estimate of drug-likeness (QED) is 0.00692. The van der Waals surface area contributed by atoms with E-state index in [-0.39, 0.29) is 112 Å². The van der Waals surface area contributed by atoms with Crippen LogP contribution in [-0.2, 0) is 58.5 Å². The van der Waals surface area contributed by atoms with Crippen molar-refractivity contribution in [1.29, 1.82) is 0 Å². The summed E-state index contributed by atoms with van der Waals surface area (Å²) in [4.78, 5) is 25.5. The Morgan fingerprint density at radius 2 is 1.09 bits per heavy atom. The lowest BCUT2D eigenvalue weighted by atomic mass is 10.1. The Labute approximate surface area is 465 Å². The molecule has 0 bridgehead atoms. The van der Waals surface area contributed by atoms with Crippen molar-refractivity contribution in [1.82, 2.24) is 35.2 Å². The summed E-state index contributed by atoms with van der Waals surface area (Å²) in [5.41, 5.74) is 0.000670. The minimum absolute atomic E-state index is 0.0131. The molecule has 14 N–H and O–H groups in total. The highest BCUT2D eigenvalue weighted by Crippen LogP contribution is 2.35. The molecule has 2 heterocycles. The van der Waals surface area contributed by atoms with Crippen LogP contribution >= 0.6 is 36.1 Å². The molecular formula is C40H44N12O22S6. The minimum Gasteiger partial charge on any atom is -0.462 e. The Morgan fingerprint density at radius 1 is 0.525 bits per heavy atom. The number of ether oxygens (including phenoxy) is 1. The monoisotopic (exact) mass is 1240 g/mol. The van der Waals surface area contributed by atoms with E-state index in [1.807, 2.05) is 0 Å². The molecule has 0 saturated heterocycles. The molecule has 4 aromatic carbocycles. The van der Waals surface area contributed by atoms with Gasteiger partial charge in [-0.05, 0) is 71.8 Å². The van der Waals surface area contributed by atoms with Gasteiger partial charge in [-0.1, -0.05) is 39.4 Å². The maximum absolute atomic E-state index is 12.9. The fraction of sp³-hybridized carbons (Fsp3) is 0.200. The summed E-state index contributed by atoms with van der Waals surface area (Å²) in [6.45, 7) is -0.799. The third-order valence-electron chi connectivity index (χ3n) is 9.76. The van der Waals surface area contributed by atoms with E-state index in [9.17, 15) is 49.1 Å². The molecule has 6 rings (SSSR count). The van der Waals surface area contributed by atoms with Gasteiger partial charge in [-0.3, -0.25) is 13.7 Å². The minimum atomic E-state index is -5.03. The van der Waals surface area contributed by atoms with E-state index in [2.05, 4.69) is 80.3 Å². The van der Waals surface area contributed by atoms with Gasteiger partial charge in [0.2, 0.25) is 29.7 Å². The third kappa shape index (κ3) is 18.9. The van der Waals surface area contributed by atoms with Gasteiger partial charge in [-0.2, -0.15) is 55.2 Å². The highest BCUT2D eigenvalue weighted by molar-refractivity contribution is 7.95. The number of aliphatic hydroxyl groups is 3. The zero-order chi connectivity index (χ0) is 57.9. The molecule has 34 nitrogen and oxygen atoms in total. The number of hydrogen-bond acceptors (Lipinski definition) is 34. The van der Waals surface area contributed by atoms with Gasteiger partial charge in [0.05, 0.1) is 77.1 Å². The van der Waals surface area contributed by atoms with Crippen LogP contribution in [-0.4, -0.2) is 153 Å². The number of aliphatic hydroxyl groups excluding tert-OH is 3. The molecule has 0 aliphatic carbocycles. The Balaban J connectivity index is 1.32. The van der Waals surface area contributed by atoms with Gasteiger partial charge in [0, 0.05) is 47.3 Å². The number of nitrogens with zero attached hydrogens (tertiary/aromatic N) is 7. The summed E-state index contributed by atoms with van der Waals surface area (Å²) in [5.74, 6) is -1.38. The SMILES string of the molecule is O=S(=O)(O)c1ccc(SOOO)c(Nc2nc(Nc3ccc(C=Cc4ccc(Nc5nc(Nc6cc(SOOO)ccc6S(=O)(=O)O)nc(N(CCO)CCO)n5)cc4S(=O)(=O)O)c(SOOO)c3)nc(OCCNCCO)n2)c1. The van der Waals surface area contributed by atoms with Crippen LogP contribution in [0.25, 0.3) is 12.2 Å². The fourth-order valence-electron chi connectivity index (χ4n) is 6.48. The molecule has 0 atom stereocenters. The van der Waals surface area contributed by atoms with Crippen molar-refractivity contribution in [2.24, 2.45) is 0 Å². The van der Waals surface area contributed by atoms with Gasteiger partial charge in [-0.25, -0.2) is 15.8 Å². The van der Waals surface area contributed by atoms with Gasteiger partial charge >= 0.3 is 6.01 Å². The molecule has 0 aliphatic heterocycles. The van der Waals surface area contributed by atoms with Crippen LogP contribution in [0.15, 0.2) is 102 Å². The van der Waals surface area contributed by atoms with Crippen LogP contribution in [0.3, 0.4) is 0 Å². The van der Waals surface area contributed by atoms with E-state index in [1.165, 1.54) is 59.5 Å². The molecular weight excluding hydrogens is 1190 g/mol. The van der Waals surface area contributed by atoms with Crippen molar-refractivity contribution < 1.29 is 103 Å². The smallest absolute Gasteiger partial charge is 0.323 e. The summed E-state index contributed by atoms with van der Waals surface area (Å²) in [6.07, 6.45) is 2.70. The second-order valence-electron chi connectivity index (χ2n) is 15.1. The third-order valence-corrected chi connectivity index (χ3v) is 14.3. The molecule has 80 heavy (non-hydrogen) atoms.